The van der Waals surface area contributed by atoms with Crippen LogP contribution in [-0.2, 0) is 6.67 Å². The number of nitrogens with one attached hydrogen (secondary N) is 1. The third-order valence-electron chi connectivity index (χ3n) is 7.35. The number of aromatic nitrogens is 3. The Bertz CT molecular complexity index is 1470. The molecule has 0 aliphatic heterocycles. The van der Waals surface area contributed by atoms with Crippen molar-refractivity contribution in [1.82, 2.24) is 14.6 Å². The van der Waals surface area contributed by atoms with Crippen LogP contribution in [-0.4, -0.2) is 37.6 Å². The van der Waals surface area contributed by atoms with E-state index in [-0.39, 0.29) is 5.78 Å². The van der Waals surface area contributed by atoms with Gasteiger partial charge in [0.2, 0.25) is 0 Å². The second-order valence-corrected chi connectivity index (χ2v) is 11.3. The molecule has 0 aliphatic carbocycles. The van der Waals surface area contributed by atoms with Crippen molar-refractivity contribution in [3.63, 3.8) is 0 Å². The number of nitrogens with zero attached hydrogens (tertiary/aromatic N) is 3. The van der Waals surface area contributed by atoms with Crippen molar-refractivity contribution in [2.24, 2.45) is 11.8 Å². The number of hydrogen-bond acceptors (Lipinski definition) is 5. The molecule has 0 saturated heterocycles. The third kappa shape index (κ3) is 6.36. The summed E-state index contributed by atoms with van der Waals surface area (Å²) in [6.45, 7) is 11.6. The minimum Gasteiger partial charge on any atom is -0.389 e. The minimum atomic E-state index is -0.946. The number of rotatable bonds is 11. The van der Waals surface area contributed by atoms with Gasteiger partial charge in [0.15, 0.2) is 11.4 Å². The summed E-state index contributed by atoms with van der Waals surface area (Å²) < 4.78 is 15.6. The predicted octanol–water partition coefficient (Wildman–Crippen LogP) is 7.28. The molecule has 39 heavy (non-hydrogen) atoms. The Morgan fingerprint density at radius 2 is 1.90 bits per heavy atom. The number of alkyl halides is 1. The van der Waals surface area contributed by atoms with Crippen molar-refractivity contribution in [2.75, 3.05) is 11.9 Å². The number of carbonyl (C=O) groups is 1. The molecule has 1 atom stereocenters. The first-order valence-electron chi connectivity index (χ1n) is 13.7. The van der Waals surface area contributed by atoms with E-state index in [1.807, 2.05) is 49.4 Å². The number of aryl methyl sites for hydroxylation is 1. The molecule has 2 heterocycles. The van der Waals surface area contributed by atoms with E-state index in [4.69, 9.17) is 5.10 Å². The molecule has 0 fully saturated rings. The van der Waals surface area contributed by atoms with Gasteiger partial charge < -0.3 is 10.4 Å². The molecule has 0 radical (unpaired) electrons. The quantitative estimate of drug-likeness (QED) is 0.199. The number of fused-ring (bicyclic) bond motifs is 1. The predicted molar refractivity (Wildman–Crippen MR) is 156 cm³/mol. The number of Topliss-reactive ketones (excluding diaryl/α,β-unsaturated/α-hetero) is 1. The molecule has 4 aromatic rings. The Kier molecular flexibility index (Phi) is 8.50. The van der Waals surface area contributed by atoms with Gasteiger partial charge in [-0.05, 0) is 55.9 Å². The first-order valence-corrected chi connectivity index (χ1v) is 13.7. The van der Waals surface area contributed by atoms with Crippen molar-refractivity contribution >= 4 is 17.1 Å². The monoisotopic (exact) mass is 530 g/mol. The summed E-state index contributed by atoms with van der Waals surface area (Å²) in [5.41, 5.74) is 5.45. The van der Waals surface area contributed by atoms with Crippen molar-refractivity contribution < 1.29 is 14.3 Å². The number of carbonyl (C=O) groups excluding carboxylic acids is 1. The van der Waals surface area contributed by atoms with Crippen molar-refractivity contribution in [2.45, 2.75) is 66.7 Å². The highest BCUT2D eigenvalue weighted by molar-refractivity contribution is 5.98. The SMILES string of the molecule is CCC(CC(=O)c1ccc(-c2cnc3c(NCC(C)(C)O)cc(-c4ccccc4CF)nn23)cc1C)C(C)C. The topological polar surface area (TPSA) is 79.5 Å². The summed E-state index contributed by atoms with van der Waals surface area (Å²) in [4.78, 5) is 17.8. The van der Waals surface area contributed by atoms with E-state index in [0.29, 0.717) is 53.0 Å². The smallest absolute Gasteiger partial charge is 0.177 e. The van der Waals surface area contributed by atoms with Crippen LogP contribution in [0, 0.1) is 18.8 Å². The maximum atomic E-state index is 13.8. The van der Waals surface area contributed by atoms with Crippen LogP contribution in [0.3, 0.4) is 0 Å². The maximum absolute atomic E-state index is 13.8. The van der Waals surface area contributed by atoms with E-state index < -0.39 is 12.3 Å². The summed E-state index contributed by atoms with van der Waals surface area (Å²) in [7, 11) is 0. The van der Waals surface area contributed by atoms with E-state index in [1.54, 1.807) is 30.6 Å². The summed E-state index contributed by atoms with van der Waals surface area (Å²) in [5.74, 6) is 0.984. The summed E-state index contributed by atoms with van der Waals surface area (Å²) in [6, 6.07) is 15.0. The van der Waals surface area contributed by atoms with E-state index in [2.05, 4.69) is 31.1 Å². The molecule has 2 aromatic heterocycles. The Hall–Kier alpha value is -3.58. The van der Waals surface area contributed by atoms with Gasteiger partial charge in [-0.15, -0.1) is 0 Å². The summed E-state index contributed by atoms with van der Waals surface area (Å²) >= 11 is 0. The van der Waals surface area contributed by atoms with E-state index in [9.17, 15) is 14.3 Å². The van der Waals surface area contributed by atoms with Crippen LogP contribution in [0.2, 0.25) is 0 Å². The summed E-state index contributed by atoms with van der Waals surface area (Å²) in [6.07, 6.45) is 3.27. The fourth-order valence-corrected chi connectivity index (χ4v) is 4.96. The number of anilines is 1. The lowest BCUT2D eigenvalue weighted by molar-refractivity contribution is 0.0938. The molecular weight excluding hydrogens is 491 g/mol. The second kappa shape index (κ2) is 11.7. The lowest BCUT2D eigenvalue weighted by Crippen LogP contribution is -2.29. The average molecular weight is 531 g/mol. The molecule has 4 rings (SSSR count). The van der Waals surface area contributed by atoms with Gasteiger partial charge in [-0.3, -0.25) is 4.79 Å². The molecule has 2 aromatic carbocycles. The minimum absolute atomic E-state index is 0.166. The molecule has 0 aliphatic rings. The van der Waals surface area contributed by atoms with Gasteiger partial charge in [-0.1, -0.05) is 63.6 Å². The van der Waals surface area contributed by atoms with Gasteiger partial charge in [0.05, 0.1) is 28.9 Å². The molecule has 0 bridgehead atoms. The van der Waals surface area contributed by atoms with Gasteiger partial charge >= 0.3 is 0 Å². The van der Waals surface area contributed by atoms with E-state index in [0.717, 1.165) is 28.8 Å². The average Bonchev–Trinajstić information content (AvgIpc) is 3.33. The second-order valence-electron chi connectivity index (χ2n) is 11.3. The van der Waals surface area contributed by atoms with E-state index >= 15 is 0 Å². The lowest BCUT2D eigenvalue weighted by Gasteiger charge is -2.19. The molecule has 0 saturated carbocycles. The van der Waals surface area contributed by atoms with Crippen molar-refractivity contribution in [3.05, 3.63) is 71.4 Å². The molecule has 6 nitrogen and oxygen atoms in total. The van der Waals surface area contributed by atoms with Gasteiger partial charge in [0.1, 0.15) is 6.67 Å². The van der Waals surface area contributed by atoms with Crippen LogP contribution in [0.4, 0.5) is 10.1 Å². The van der Waals surface area contributed by atoms with Crippen LogP contribution >= 0.6 is 0 Å². The van der Waals surface area contributed by atoms with Crippen LogP contribution in [0.25, 0.3) is 28.2 Å². The number of hydrogen-bond donors (Lipinski definition) is 2. The zero-order valence-corrected chi connectivity index (χ0v) is 23.8. The Morgan fingerprint density at radius 3 is 2.54 bits per heavy atom. The van der Waals surface area contributed by atoms with Gasteiger partial charge in [0.25, 0.3) is 0 Å². The van der Waals surface area contributed by atoms with Gasteiger partial charge in [-0.2, -0.15) is 5.10 Å². The Morgan fingerprint density at radius 1 is 1.15 bits per heavy atom. The van der Waals surface area contributed by atoms with Crippen molar-refractivity contribution in [3.8, 4) is 22.5 Å². The fraction of sp³-hybridized carbons (Fsp3) is 0.406. The highest BCUT2D eigenvalue weighted by Crippen LogP contribution is 2.31. The molecule has 0 amide bonds. The Balaban J connectivity index is 1.79. The number of aliphatic hydroxyl groups is 1. The third-order valence-corrected chi connectivity index (χ3v) is 7.35. The first-order chi connectivity index (χ1) is 18.5. The highest BCUT2D eigenvalue weighted by Gasteiger charge is 2.21. The number of ketones is 1. The highest BCUT2D eigenvalue weighted by atomic mass is 19.1. The van der Waals surface area contributed by atoms with Crippen LogP contribution < -0.4 is 5.32 Å². The Labute approximate surface area is 230 Å². The van der Waals surface area contributed by atoms with Gasteiger partial charge in [0, 0.05) is 29.7 Å². The van der Waals surface area contributed by atoms with Gasteiger partial charge in [-0.25, -0.2) is 13.9 Å². The van der Waals surface area contributed by atoms with Crippen LogP contribution in [0.1, 0.15) is 68.9 Å². The number of imidazole rings is 1. The van der Waals surface area contributed by atoms with Crippen LogP contribution in [0.15, 0.2) is 54.7 Å². The zero-order chi connectivity index (χ0) is 28.3. The normalized spacial score (nSPS) is 12.7. The summed E-state index contributed by atoms with van der Waals surface area (Å²) in [5, 5.41) is 18.5. The number of benzene rings is 2. The molecule has 7 heteroatoms. The standard InChI is InChI=1S/C32H39FN4O2/c1-7-22(20(2)3)15-30(38)25-13-12-23(14-21(25)4)29-18-34-31-28(35-19-32(5,6)39)16-27(36-37(29)31)26-11-9-8-10-24(26)17-33/h8-14,16,18,20,22,35,39H,7,15,17,19H2,1-6H3. The first kappa shape index (κ1) is 28.4. The number of halogens is 1. The molecule has 206 valence electrons. The van der Waals surface area contributed by atoms with E-state index in [1.165, 1.54) is 0 Å². The maximum Gasteiger partial charge on any atom is 0.177 e. The fourth-order valence-electron chi connectivity index (χ4n) is 4.96. The largest absolute Gasteiger partial charge is 0.389 e. The lowest BCUT2D eigenvalue weighted by atomic mass is 9.86. The van der Waals surface area contributed by atoms with Crippen molar-refractivity contribution in [1.29, 1.82) is 0 Å². The van der Waals surface area contributed by atoms with Crippen LogP contribution in [0.5, 0.6) is 0 Å². The molecule has 0 spiro atoms. The molecule has 1 unspecified atom stereocenters. The molecule has 2 N–H and O–H groups in total. The zero-order valence-electron chi connectivity index (χ0n) is 23.8. The molecular formula is C32H39FN4O2.